The molecule has 0 fully saturated rings. The zero-order valence-electron chi connectivity index (χ0n) is 6.36. The summed E-state index contributed by atoms with van der Waals surface area (Å²) in [5, 5.41) is 24.6. The molecule has 0 atom stereocenters. The maximum absolute atomic E-state index is 10.3. The van der Waals surface area contributed by atoms with Gasteiger partial charge in [0.2, 0.25) is 0 Å². The van der Waals surface area contributed by atoms with Crippen molar-refractivity contribution in [2.24, 2.45) is 0 Å². The topological polar surface area (TPSA) is 92.0 Å². The first-order valence-corrected chi connectivity index (χ1v) is 3.53. The Labute approximate surface area is 68.4 Å². The van der Waals surface area contributed by atoms with E-state index in [4.69, 9.17) is 5.11 Å². The second-order valence-electron chi connectivity index (χ2n) is 2.33. The van der Waals surface area contributed by atoms with Crippen LogP contribution in [0, 0.1) is 10.1 Å². The highest BCUT2D eigenvalue weighted by Crippen LogP contribution is 2.14. The number of aliphatic hydroxyl groups excluding tert-OH is 1. The number of nitrogens with one attached hydrogen (secondary N) is 1. The maximum atomic E-state index is 10.3. The van der Waals surface area contributed by atoms with Crippen molar-refractivity contribution in [1.82, 2.24) is 10.2 Å². The van der Waals surface area contributed by atoms with E-state index >= 15 is 0 Å². The first-order chi connectivity index (χ1) is 5.75. The number of nitro groups is 1. The van der Waals surface area contributed by atoms with Crippen LogP contribution in [0.25, 0.3) is 0 Å². The number of aromatic nitrogens is 2. The Morgan fingerprint density at radius 2 is 2.50 bits per heavy atom. The molecule has 0 aliphatic heterocycles. The van der Waals surface area contributed by atoms with E-state index < -0.39 is 4.92 Å². The van der Waals surface area contributed by atoms with E-state index in [2.05, 4.69) is 10.2 Å². The minimum Gasteiger partial charge on any atom is -0.396 e. The average molecular weight is 171 g/mol. The molecule has 0 bridgehead atoms. The molecule has 0 unspecified atom stereocenters. The van der Waals surface area contributed by atoms with Crippen molar-refractivity contribution in [3.8, 4) is 0 Å². The average Bonchev–Trinajstić information content (AvgIpc) is 2.48. The van der Waals surface area contributed by atoms with Gasteiger partial charge in [-0.15, -0.1) is 5.10 Å². The first kappa shape index (κ1) is 8.66. The van der Waals surface area contributed by atoms with Crippen LogP contribution in [-0.2, 0) is 6.42 Å². The van der Waals surface area contributed by atoms with Crippen LogP contribution in [0.15, 0.2) is 6.20 Å². The van der Waals surface area contributed by atoms with E-state index in [1.807, 2.05) is 0 Å². The van der Waals surface area contributed by atoms with Gasteiger partial charge in [0.25, 0.3) is 0 Å². The fourth-order valence-electron chi connectivity index (χ4n) is 0.915. The van der Waals surface area contributed by atoms with Gasteiger partial charge < -0.3 is 15.2 Å². The number of nitrogens with zero attached hydrogens (tertiary/aromatic N) is 2. The lowest BCUT2D eigenvalue weighted by Crippen LogP contribution is -1.94. The van der Waals surface area contributed by atoms with Crippen molar-refractivity contribution in [2.75, 3.05) is 6.61 Å². The summed E-state index contributed by atoms with van der Waals surface area (Å²) in [5.74, 6) is -0.0801. The van der Waals surface area contributed by atoms with Gasteiger partial charge in [-0.05, 0) is 17.8 Å². The quantitative estimate of drug-likeness (QED) is 0.501. The summed E-state index contributed by atoms with van der Waals surface area (Å²) in [6, 6.07) is 0. The Hall–Kier alpha value is -1.43. The molecule has 0 aliphatic carbocycles. The third-order valence-corrected chi connectivity index (χ3v) is 1.48. The molecule has 66 valence electrons. The van der Waals surface area contributed by atoms with Gasteiger partial charge in [0.05, 0.1) is 11.8 Å². The highest BCUT2D eigenvalue weighted by Gasteiger charge is 2.13. The van der Waals surface area contributed by atoms with Crippen LogP contribution in [-0.4, -0.2) is 26.8 Å². The number of rotatable bonds is 4. The summed E-state index contributed by atoms with van der Waals surface area (Å²) in [4.78, 5) is 9.80. The van der Waals surface area contributed by atoms with Gasteiger partial charge in [-0.3, -0.25) is 0 Å². The van der Waals surface area contributed by atoms with Crippen LogP contribution >= 0.6 is 0 Å². The normalized spacial score (nSPS) is 10.1. The molecule has 1 aromatic heterocycles. The van der Waals surface area contributed by atoms with Gasteiger partial charge >= 0.3 is 5.82 Å². The summed E-state index contributed by atoms with van der Waals surface area (Å²) in [6.45, 7) is 0.0301. The molecule has 0 saturated carbocycles. The molecule has 6 nitrogen and oxygen atoms in total. The van der Waals surface area contributed by atoms with E-state index in [0.717, 1.165) is 0 Å². The Bertz CT molecular complexity index is 271. The summed E-state index contributed by atoms with van der Waals surface area (Å²) in [6.07, 6.45) is 2.40. The summed E-state index contributed by atoms with van der Waals surface area (Å²) in [5.41, 5.74) is 0.536. The Kier molecular flexibility index (Phi) is 2.76. The zero-order chi connectivity index (χ0) is 8.97. The van der Waals surface area contributed by atoms with Crippen molar-refractivity contribution < 1.29 is 10.0 Å². The number of aromatic amines is 1. The Morgan fingerprint density at radius 3 is 3.08 bits per heavy atom. The van der Waals surface area contributed by atoms with Crippen LogP contribution < -0.4 is 0 Å². The van der Waals surface area contributed by atoms with Crippen LogP contribution in [0.3, 0.4) is 0 Å². The first-order valence-electron chi connectivity index (χ1n) is 3.53. The summed E-state index contributed by atoms with van der Waals surface area (Å²) in [7, 11) is 0. The van der Waals surface area contributed by atoms with Crippen molar-refractivity contribution in [2.45, 2.75) is 12.8 Å². The van der Waals surface area contributed by atoms with E-state index in [9.17, 15) is 10.1 Å². The third kappa shape index (κ3) is 1.79. The van der Waals surface area contributed by atoms with Gasteiger partial charge in [0, 0.05) is 6.61 Å². The largest absolute Gasteiger partial charge is 0.396 e. The van der Waals surface area contributed by atoms with Crippen molar-refractivity contribution in [3.05, 3.63) is 21.9 Å². The van der Waals surface area contributed by atoms with Crippen molar-refractivity contribution >= 4 is 5.82 Å². The molecule has 1 heterocycles. The SMILES string of the molecule is O=[N+]([O-])c1[nH]ncc1CCCO. The van der Waals surface area contributed by atoms with Crippen LogP contribution in [0.5, 0.6) is 0 Å². The molecule has 2 N–H and O–H groups in total. The summed E-state index contributed by atoms with van der Waals surface area (Å²) >= 11 is 0. The fraction of sp³-hybridized carbons (Fsp3) is 0.500. The Balaban J connectivity index is 2.70. The number of H-pyrrole nitrogens is 1. The molecule has 1 aromatic rings. The second kappa shape index (κ2) is 3.82. The molecular formula is C6H9N3O3. The van der Waals surface area contributed by atoms with E-state index in [-0.39, 0.29) is 12.4 Å². The summed E-state index contributed by atoms with van der Waals surface area (Å²) < 4.78 is 0. The molecule has 0 aromatic carbocycles. The third-order valence-electron chi connectivity index (χ3n) is 1.48. The Morgan fingerprint density at radius 1 is 1.75 bits per heavy atom. The van der Waals surface area contributed by atoms with Gasteiger partial charge in [-0.25, -0.2) is 0 Å². The van der Waals surface area contributed by atoms with Crippen LogP contribution in [0.1, 0.15) is 12.0 Å². The molecule has 0 saturated heterocycles. The number of hydrogen-bond acceptors (Lipinski definition) is 4. The molecule has 0 amide bonds. The van der Waals surface area contributed by atoms with Gasteiger partial charge in [0.1, 0.15) is 0 Å². The lowest BCUT2D eigenvalue weighted by molar-refractivity contribution is -0.390. The zero-order valence-corrected chi connectivity index (χ0v) is 6.36. The lowest BCUT2D eigenvalue weighted by atomic mass is 10.2. The molecule has 12 heavy (non-hydrogen) atoms. The van der Waals surface area contributed by atoms with Crippen molar-refractivity contribution in [3.63, 3.8) is 0 Å². The minimum atomic E-state index is -0.514. The molecule has 1 rings (SSSR count). The fourth-order valence-corrected chi connectivity index (χ4v) is 0.915. The van der Waals surface area contributed by atoms with Gasteiger partial charge in [-0.2, -0.15) is 0 Å². The number of hydrogen-bond donors (Lipinski definition) is 2. The minimum absolute atomic E-state index is 0.0301. The highest BCUT2D eigenvalue weighted by atomic mass is 16.6. The standard InChI is InChI=1S/C6H9N3O3/c10-3-1-2-5-4-7-8-6(5)9(11)12/h4,10H,1-3H2,(H,7,8). The van der Waals surface area contributed by atoms with E-state index in [1.165, 1.54) is 6.20 Å². The number of aliphatic hydroxyl groups is 1. The second-order valence-corrected chi connectivity index (χ2v) is 2.33. The smallest absolute Gasteiger partial charge is 0.345 e. The van der Waals surface area contributed by atoms with Gasteiger partial charge in [0.15, 0.2) is 0 Å². The predicted molar refractivity (Wildman–Crippen MR) is 40.6 cm³/mol. The number of aryl methyl sites for hydroxylation is 1. The van der Waals surface area contributed by atoms with Crippen LogP contribution in [0.2, 0.25) is 0 Å². The monoisotopic (exact) mass is 171 g/mol. The van der Waals surface area contributed by atoms with Crippen LogP contribution in [0.4, 0.5) is 5.82 Å². The highest BCUT2D eigenvalue weighted by molar-refractivity contribution is 5.29. The molecule has 6 heteroatoms. The molecule has 0 spiro atoms. The van der Waals surface area contributed by atoms with E-state index in [1.54, 1.807) is 0 Å². The molecular weight excluding hydrogens is 162 g/mol. The van der Waals surface area contributed by atoms with E-state index in [0.29, 0.717) is 18.4 Å². The maximum Gasteiger partial charge on any atom is 0.345 e. The molecule has 0 radical (unpaired) electrons. The van der Waals surface area contributed by atoms with Gasteiger partial charge in [-0.1, -0.05) is 5.10 Å². The predicted octanol–water partition coefficient (Wildman–Crippen LogP) is 0.243. The molecule has 0 aliphatic rings. The lowest BCUT2D eigenvalue weighted by Gasteiger charge is -1.94. The van der Waals surface area contributed by atoms with Crippen molar-refractivity contribution in [1.29, 1.82) is 0 Å².